The second-order valence-corrected chi connectivity index (χ2v) is 9.77. The van der Waals surface area contributed by atoms with Crippen molar-refractivity contribution in [2.75, 3.05) is 18.0 Å². The van der Waals surface area contributed by atoms with Crippen LogP contribution in [0.25, 0.3) is 17.2 Å². The molecule has 0 atom stereocenters. The van der Waals surface area contributed by atoms with Gasteiger partial charge >= 0.3 is 5.97 Å². The number of anilines is 1. The van der Waals surface area contributed by atoms with E-state index in [9.17, 15) is 4.79 Å². The van der Waals surface area contributed by atoms with Gasteiger partial charge in [-0.2, -0.15) is 5.26 Å². The summed E-state index contributed by atoms with van der Waals surface area (Å²) in [5.74, 6) is -1.20. The quantitative estimate of drug-likeness (QED) is 0.545. The molecule has 154 valence electrons. The van der Waals surface area contributed by atoms with Crippen molar-refractivity contribution in [2.24, 2.45) is 0 Å². The average molecular weight is 401 g/mol. The van der Waals surface area contributed by atoms with Crippen molar-refractivity contribution in [1.82, 2.24) is 0 Å². The van der Waals surface area contributed by atoms with Crippen LogP contribution in [0.4, 0.5) is 5.69 Å². The molecule has 4 rings (SSSR count). The van der Waals surface area contributed by atoms with E-state index in [4.69, 9.17) is 10.4 Å². The van der Waals surface area contributed by atoms with Crippen LogP contribution in [-0.2, 0) is 15.6 Å². The van der Waals surface area contributed by atoms with Crippen molar-refractivity contribution >= 4 is 17.7 Å². The van der Waals surface area contributed by atoms with Crippen LogP contribution in [0.2, 0.25) is 0 Å². The summed E-state index contributed by atoms with van der Waals surface area (Å²) in [5.41, 5.74) is 7.31. The number of benzene rings is 2. The van der Waals surface area contributed by atoms with Crippen LogP contribution in [0.3, 0.4) is 0 Å². The molecule has 0 aliphatic carbocycles. The number of carboxylic acid groups (broad SMARTS) is 1. The molecule has 4 heteroatoms. The smallest absolute Gasteiger partial charge is 0.346 e. The minimum atomic E-state index is -1.20. The monoisotopic (exact) mass is 400 g/mol. The van der Waals surface area contributed by atoms with Gasteiger partial charge in [0.15, 0.2) is 0 Å². The van der Waals surface area contributed by atoms with E-state index in [1.54, 1.807) is 6.07 Å². The maximum absolute atomic E-state index is 11.1. The second kappa shape index (κ2) is 7.02. The molecule has 1 N–H and O–H groups in total. The molecule has 0 saturated carbocycles. The molecule has 2 heterocycles. The first-order valence-corrected chi connectivity index (χ1v) is 10.5. The summed E-state index contributed by atoms with van der Waals surface area (Å²) < 4.78 is 0. The molecule has 0 amide bonds. The normalized spacial score (nSPS) is 19.0. The highest BCUT2D eigenvalue weighted by atomic mass is 16.4. The molecule has 4 nitrogen and oxygen atoms in total. The minimum absolute atomic E-state index is 0.135. The number of carbonyl (C=O) groups is 1. The highest BCUT2D eigenvalue weighted by Crippen LogP contribution is 2.50. The van der Waals surface area contributed by atoms with E-state index < -0.39 is 5.97 Å². The van der Waals surface area contributed by atoms with Gasteiger partial charge in [0.2, 0.25) is 0 Å². The Morgan fingerprint density at radius 3 is 2.00 bits per heavy atom. The average Bonchev–Trinajstić information content (AvgIpc) is 2.70. The summed E-state index contributed by atoms with van der Waals surface area (Å²) in [5, 5.41) is 18.1. The molecule has 0 saturated heterocycles. The van der Waals surface area contributed by atoms with Gasteiger partial charge < -0.3 is 10.0 Å². The van der Waals surface area contributed by atoms with Crippen LogP contribution in [0.15, 0.2) is 42.0 Å². The molecule has 0 unspecified atom stereocenters. The Hall–Kier alpha value is -3.06. The number of nitrogens with zero attached hydrogens (tertiary/aromatic N) is 2. The second-order valence-electron chi connectivity index (χ2n) is 9.77. The number of rotatable bonds is 3. The van der Waals surface area contributed by atoms with E-state index >= 15 is 0 Å². The standard InChI is InChI=1S/C26H28N2O2/c1-25(2)9-11-28-12-10-26(3,4)22-15-19(14-21(25)23(22)28)18-7-5-17(6-8-18)13-20(16-27)24(29)30/h5-8,13-15H,9-12H2,1-4H3,(H,29,30)/b20-13+. The Morgan fingerprint density at radius 1 is 1.00 bits per heavy atom. The van der Waals surface area contributed by atoms with Crippen molar-refractivity contribution in [1.29, 1.82) is 5.26 Å². The Labute approximate surface area is 178 Å². The zero-order chi connectivity index (χ0) is 21.7. The maximum atomic E-state index is 11.1. The van der Waals surface area contributed by atoms with Crippen LogP contribution in [0, 0.1) is 11.3 Å². The molecule has 2 aliphatic heterocycles. The van der Waals surface area contributed by atoms with Gasteiger partial charge in [-0.1, -0.05) is 52.0 Å². The zero-order valence-electron chi connectivity index (χ0n) is 18.1. The largest absolute Gasteiger partial charge is 0.477 e. The van der Waals surface area contributed by atoms with Crippen molar-refractivity contribution < 1.29 is 9.90 Å². The summed E-state index contributed by atoms with van der Waals surface area (Å²) >= 11 is 0. The third-order valence-electron chi connectivity index (χ3n) is 6.80. The van der Waals surface area contributed by atoms with Gasteiger partial charge in [0, 0.05) is 18.8 Å². The summed E-state index contributed by atoms with van der Waals surface area (Å²) in [6.07, 6.45) is 3.71. The summed E-state index contributed by atoms with van der Waals surface area (Å²) in [7, 11) is 0. The molecule has 2 aromatic carbocycles. The van der Waals surface area contributed by atoms with E-state index in [2.05, 4.69) is 44.7 Å². The predicted molar refractivity (Wildman–Crippen MR) is 121 cm³/mol. The molecule has 0 fully saturated rings. The number of hydrogen-bond acceptors (Lipinski definition) is 3. The highest BCUT2D eigenvalue weighted by molar-refractivity contribution is 5.96. The molecule has 0 bridgehead atoms. The predicted octanol–water partition coefficient (Wildman–Crippen LogP) is 5.51. The molecular weight excluding hydrogens is 372 g/mol. The lowest BCUT2D eigenvalue weighted by Crippen LogP contribution is -2.44. The van der Waals surface area contributed by atoms with Crippen molar-refractivity contribution in [2.45, 2.75) is 51.4 Å². The van der Waals surface area contributed by atoms with Gasteiger partial charge in [0.05, 0.1) is 0 Å². The topological polar surface area (TPSA) is 64.3 Å². The van der Waals surface area contributed by atoms with E-state index in [-0.39, 0.29) is 16.4 Å². The fourth-order valence-corrected chi connectivity index (χ4v) is 4.69. The van der Waals surface area contributed by atoms with Gasteiger partial charge in [0.1, 0.15) is 11.6 Å². The minimum Gasteiger partial charge on any atom is -0.477 e. The fraction of sp³-hybridized carbons (Fsp3) is 0.385. The molecular formula is C26H28N2O2. The molecule has 0 radical (unpaired) electrons. The lowest BCUT2D eigenvalue weighted by atomic mass is 9.69. The van der Waals surface area contributed by atoms with Crippen LogP contribution in [0.5, 0.6) is 0 Å². The van der Waals surface area contributed by atoms with Gasteiger partial charge in [-0.15, -0.1) is 0 Å². The fourth-order valence-electron chi connectivity index (χ4n) is 4.69. The lowest BCUT2D eigenvalue weighted by Gasteiger charge is -2.48. The number of nitriles is 1. The highest BCUT2D eigenvalue weighted by Gasteiger charge is 2.40. The van der Waals surface area contributed by atoms with Gasteiger partial charge in [-0.25, -0.2) is 4.79 Å². The Balaban J connectivity index is 1.82. The third-order valence-corrected chi connectivity index (χ3v) is 6.80. The van der Waals surface area contributed by atoms with Gasteiger partial charge in [-0.3, -0.25) is 0 Å². The summed E-state index contributed by atoms with van der Waals surface area (Å²) in [4.78, 5) is 13.7. The Kier molecular flexibility index (Phi) is 4.73. The van der Waals surface area contributed by atoms with E-state index in [0.29, 0.717) is 5.56 Å². The van der Waals surface area contributed by atoms with E-state index in [1.807, 2.05) is 24.3 Å². The first-order valence-electron chi connectivity index (χ1n) is 10.5. The van der Waals surface area contributed by atoms with Crippen molar-refractivity contribution in [3.8, 4) is 17.2 Å². The zero-order valence-corrected chi connectivity index (χ0v) is 18.1. The molecule has 0 spiro atoms. The Bertz CT molecular complexity index is 1040. The third kappa shape index (κ3) is 3.39. The first kappa shape index (κ1) is 20.2. The lowest BCUT2D eigenvalue weighted by molar-refractivity contribution is -0.132. The summed E-state index contributed by atoms with van der Waals surface area (Å²) in [6.45, 7) is 11.6. The Morgan fingerprint density at radius 2 is 1.53 bits per heavy atom. The van der Waals surface area contributed by atoms with Crippen LogP contribution in [-0.4, -0.2) is 24.2 Å². The first-order chi connectivity index (χ1) is 14.1. The van der Waals surface area contributed by atoms with Crippen molar-refractivity contribution in [3.05, 3.63) is 58.7 Å². The molecule has 2 aliphatic rings. The van der Waals surface area contributed by atoms with E-state index in [0.717, 1.165) is 31.5 Å². The van der Waals surface area contributed by atoms with Gasteiger partial charge in [-0.05, 0) is 69.7 Å². The van der Waals surface area contributed by atoms with Crippen LogP contribution in [0.1, 0.15) is 57.2 Å². The number of hydrogen-bond donors (Lipinski definition) is 1. The van der Waals surface area contributed by atoms with Gasteiger partial charge in [0.25, 0.3) is 0 Å². The van der Waals surface area contributed by atoms with Crippen LogP contribution < -0.4 is 4.90 Å². The number of carboxylic acids is 1. The molecule has 0 aromatic heterocycles. The number of aliphatic carboxylic acids is 1. The molecule has 2 aromatic rings. The SMILES string of the molecule is CC1(C)CCN2CCC(C)(C)c3cc(-c4ccc(/C=C(\C#N)C(=O)O)cc4)cc1c32. The maximum Gasteiger partial charge on any atom is 0.346 e. The van der Waals surface area contributed by atoms with E-state index in [1.165, 1.54) is 28.5 Å². The molecule has 30 heavy (non-hydrogen) atoms. The van der Waals surface area contributed by atoms with Crippen molar-refractivity contribution in [3.63, 3.8) is 0 Å². The summed E-state index contributed by atoms with van der Waals surface area (Å²) in [6, 6.07) is 14.2. The van der Waals surface area contributed by atoms with Crippen LogP contribution >= 0.6 is 0 Å².